The zero-order valence-corrected chi connectivity index (χ0v) is 11.5. The van der Waals surface area contributed by atoms with Gasteiger partial charge in [0.25, 0.3) is 0 Å². The van der Waals surface area contributed by atoms with Gasteiger partial charge in [-0.1, -0.05) is 31.9 Å². The van der Waals surface area contributed by atoms with E-state index >= 15 is 0 Å². The third-order valence-electron chi connectivity index (χ3n) is 1.26. The van der Waals surface area contributed by atoms with Crippen molar-refractivity contribution in [1.82, 2.24) is 0 Å². The standard InChI is InChI=1S/C7H5Br3OS/c8-3-5(10)6(11)7-4(9)1-2-12-7/h1-2,5H,3H2. The molecule has 1 nitrogen and oxygen atoms in total. The zero-order valence-electron chi connectivity index (χ0n) is 5.89. The van der Waals surface area contributed by atoms with Gasteiger partial charge in [-0.25, -0.2) is 0 Å². The summed E-state index contributed by atoms with van der Waals surface area (Å²) < 4.78 is 0.878. The third kappa shape index (κ3) is 2.40. The van der Waals surface area contributed by atoms with Gasteiger partial charge in [0.1, 0.15) is 0 Å². The predicted octanol–water partition coefficient (Wildman–Crippen LogP) is 3.85. The first-order chi connectivity index (χ1) is 5.66. The van der Waals surface area contributed by atoms with E-state index in [2.05, 4.69) is 47.8 Å². The Morgan fingerprint density at radius 3 is 2.75 bits per heavy atom. The van der Waals surface area contributed by atoms with Crippen LogP contribution in [0.3, 0.4) is 0 Å². The molecule has 1 rings (SSSR count). The van der Waals surface area contributed by atoms with Crippen LogP contribution in [-0.2, 0) is 0 Å². The van der Waals surface area contributed by atoms with Crippen LogP contribution in [0.5, 0.6) is 0 Å². The summed E-state index contributed by atoms with van der Waals surface area (Å²) in [6, 6.07) is 1.88. The minimum absolute atomic E-state index is 0.119. The molecule has 0 amide bonds. The van der Waals surface area contributed by atoms with Crippen molar-refractivity contribution in [1.29, 1.82) is 0 Å². The molecule has 66 valence electrons. The van der Waals surface area contributed by atoms with Gasteiger partial charge in [0.15, 0.2) is 5.78 Å². The summed E-state index contributed by atoms with van der Waals surface area (Å²) in [7, 11) is 0. The second-order valence-corrected chi connectivity index (χ2v) is 5.61. The number of thiophene rings is 1. The summed E-state index contributed by atoms with van der Waals surface area (Å²) in [6.45, 7) is 0. The van der Waals surface area contributed by atoms with E-state index in [4.69, 9.17) is 0 Å². The van der Waals surface area contributed by atoms with E-state index in [1.54, 1.807) is 0 Å². The molecular weight excluding hydrogens is 372 g/mol. The molecular formula is C7H5Br3OS. The second-order valence-electron chi connectivity index (χ2n) is 2.08. The number of halogens is 3. The summed E-state index contributed by atoms with van der Waals surface area (Å²) in [5, 5.41) is 2.53. The Morgan fingerprint density at radius 1 is 1.67 bits per heavy atom. The van der Waals surface area contributed by atoms with E-state index in [1.165, 1.54) is 11.3 Å². The highest BCUT2D eigenvalue weighted by Gasteiger charge is 2.18. The van der Waals surface area contributed by atoms with Crippen molar-refractivity contribution in [2.75, 3.05) is 5.33 Å². The average Bonchev–Trinajstić information content (AvgIpc) is 2.48. The molecule has 1 aromatic heterocycles. The van der Waals surface area contributed by atoms with Gasteiger partial charge >= 0.3 is 0 Å². The van der Waals surface area contributed by atoms with Gasteiger partial charge in [-0.3, -0.25) is 4.79 Å². The highest BCUT2D eigenvalue weighted by Crippen LogP contribution is 2.26. The molecule has 0 aliphatic rings. The molecule has 1 unspecified atom stereocenters. The van der Waals surface area contributed by atoms with Crippen molar-refractivity contribution < 1.29 is 4.79 Å². The summed E-state index contributed by atoms with van der Waals surface area (Å²) in [6.07, 6.45) is 0. The molecule has 0 saturated heterocycles. The average molecular weight is 377 g/mol. The van der Waals surface area contributed by atoms with E-state index in [0.29, 0.717) is 5.33 Å². The summed E-state index contributed by atoms with van der Waals surface area (Å²) in [5.74, 6) is 0.119. The van der Waals surface area contributed by atoms with Crippen LogP contribution in [0.15, 0.2) is 15.9 Å². The Morgan fingerprint density at radius 2 is 2.33 bits per heavy atom. The van der Waals surface area contributed by atoms with Gasteiger partial charge in [0.05, 0.1) is 9.70 Å². The number of carbonyl (C=O) groups is 1. The van der Waals surface area contributed by atoms with Crippen LogP contribution in [0.2, 0.25) is 0 Å². The second kappa shape index (κ2) is 4.88. The molecule has 0 radical (unpaired) electrons. The van der Waals surface area contributed by atoms with Crippen molar-refractivity contribution in [3.8, 4) is 0 Å². The van der Waals surface area contributed by atoms with Crippen molar-refractivity contribution in [3.05, 3.63) is 20.8 Å². The third-order valence-corrected chi connectivity index (χ3v) is 5.37. The number of hydrogen-bond acceptors (Lipinski definition) is 2. The van der Waals surface area contributed by atoms with Crippen LogP contribution in [0.4, 0.5) is 0 Å². The fourth-order valence-corrected chi connectivity index (χ4v) is 2.92. The van der Waals surface area contributed by atoms with Gasteiger partial charge in [-0.15, -0.1) is 11.3 Å². The van der Waals surface area contributed by atoms with E-state index < -0.39 is 0 Å². The molecule has 1 heterocycles. The quantitative estimate of drug-likeness (QED) is 0.578. The molecule has 0 aliphatic heterocycles. The maximum atomic E-state index is 11.6. The molecule has 0 saturated carbocycles. The van der Waals surface area contributed by atoms with Crippen LogP contribution in [-0.4, -0.2) is 15.9 Å². The van der Waals surface area contributed by atoms with E-state index in [0.717, 1.165) is 9.35 Å². The van der Waals surface area contributed by atoms with E-state index in [9.17, 15) is 4.79 Å². The van der Waals surface area contributed by atoms with Crippen molar-refractivity contribution in [2.24, 2.45) is 0 Å². The lowest BCUT2D eigenvalue weighted by Crippen LogP contribution is -2.14. The maximum Gasteiger partial charge on any atom is 0.188 e. The highest BCUT2D eigenvalue weighted by atomic mass is 79.9. The van der Waals surface area contributed by atoms with Gasteiger partial charge in [0, 0.05) is 9.80 Å². The summed E-state index contributed by atoms with van der Waals surface area (Å²) in [4.78, 5) is 12.2. The predicted molar refractivity (Wildman–Crippen MR) is 62.9 cm³/mol. The fourth-order valence-electron chi connectivity index (χ4n) is 0.682. The first-order valence-electron chi connectivity index (χ1n) is 3.14. The van der Waals surface area contributed by atoms with E-state index in [1.807, 2.05) is 11.4 Å². The smallest absolute Gasteiger partial charge is 0.188 e. The molecule has 1 atom stereocenters. The maximum absolute atomic E-state index is 11.6. The van der Waals surface area contributed by atoms with Crippen LogP contribution in [0.1, 0.15) is 9.67 Å². The van der Waals surface area contributed by atoms with Gasteiger partial charge in [-0.2, -0.15) is 0 Å². The lowest BCUT2D eigenvalue weighted by Gasteiger charge is -2.02. The fraction of sp³-hybridized carbons (Fsp3) is 0.286. The molecule has 0 bridgehead atoms. The Balaban J connectivity index is 2.85. The Kier molecular flexibility index (Phi) is 4.43. The lowest BCUT2D eigenvalue weighted by atomic mass is 10.3. The Labute approximate surface area is 99.9 Å². The minimum Gasteiger partial charge on any atom is -0.292 e. The Bertz CT molecular complexity index is 284. The number of alkyl halides is 2. The van der Waals surface area contributed by atoms with Crippen LogP contribution >= 0.6 is 59.1 Å². The van der Waals surface area contributed by atoms with Crippen molar-refractivity contribution in [2.45, 2.75) is 4.83 Å². The number of carbonyl (C=O) groups excluding carboxylic acids is 1. The monoisotopic (exact) mass is 374 g/mol. The number of Topliss-reactive ketones (excluding diaryl/α,β-unsaturated/α-hetero) is 1. The summed E-state index contributed by atoms with van der Waals surface area (Å²) >= 11 is 11.3. The molecule has 1 aromatic rings. The SMILES string of the molecule is O=C(c1sccc1Br)C(Br)CBr. The van der Waals surface area contributed by atoms with Crippen LogP contribution in [0, 0.1) is 0 Å². The molecule has 12 heavy (non-hydrogen) atoms. The van der Waals surface area contributed by atoms with E-state index in [-0.39, 0.29) is 10.6 Å². The van der Waals surface area contributed by atoms with Crippen molar-refractivity contribution >= 4 is 64.9 Å². The minimum atomic E-state index is -0.132. The highest BCUT2D eigenvalue weighted by molar-refractivity contribution is 9.12. The molecule has 0 fully saturated rings. The first-order valence-corrected chi connectivity index (χ1v) is 6.85. The molecule has 0 aliphatic carbocycles. The van der Waals surface area contributed by atoms with Gasteiger partial charge in [-0.05, 0) is 27.4 Å². The zero-order chi connectivity index (χ0) is 9.14. The normalized spacial score (nSPS) is 12.9. The number of hydrogen-bond donors (Lipinski definition) is 0. The van der Waals surface area contributed by atoms with Gasteiger partial charge in [0.2, 0.25) is 0 Å². The number of ketones is 1. The van der Waals surface area contributed by atoms with Crippen LogP contribution < -0.4 is 0 Å². The number of rotatable bonds is 3. The van der Waals surface area contributed by atoms with Crippen LogP contribution in [0.25, 0.3) is 0 Å². The summed E-state index contributed by atoms with van der Waals surface area (Å²) in [5.41, 5.74) is 0. The first kappa shape index (κ1) is 10.9. The molecule has 0 aromatic carbocycles. The topological polar surface area (TPSA) is 17.1 Å². The largest absolute Gasteiger partial charge is 0.292 e. The van der Waals surface area contributed by atoms with Gasteiger partial charge < -0.3 is 0 Å². The molecule has 5 heteroatoms. The lowest BCUT2D eigenvalue weighted by molar-refractivity contribution is 0.100. The van der Waals surface area contributed by atoms with Crippen molar-refractivity contribution in [3.63, 3.8) is 0 Å². The molecule has 0 N–H and O–H groups in total. The Hall–Kier alpha value is 0.810. The molecule has 0 spiro atoms.